The average Bonchev–Trinajstić information content (AvgIpc) is 2.76. The lowest BCUT2D eigenvalue weighted by atomic mass is 10.1. The van der Waals surface area contributed by atoms with Crippen LogP contribution < -0.4 is 5.32 Å². The monoisotopic (exact) mass is 258 g/mol. The van der Waals surface area contributed by atoms with Crippen molar-refractivity contribution in [3.63, 3.8) is 0 Å². The number of hydrogen-bond donors (Lipinski definition) is 1. The highest BCUT2D eigenvalue weighted by atomic mass is 32.1. The van der Waals surface area contributed by atoms with Crippen LogP contribution in [0.2, 0.25) is 0 Å². The summed E-state index contributed by atoms with van der Waals surface area (Å²) >= 11 is 1.68. The summed E-state index contributed by atoms with van der Waals surface area (Å²) in [4.78, 5) is 0. The van der Waals surface area contributed by atoms with Crippen molar-refractivity contribution in [2.75, 3.05) is 5.32 Å². The number of nitriles is 1. The minimum absolute atomic E-state index is 0.561. The number of thiophene rings is 1. The van der Waals surface area contributed by atoms with E-state index in [1.54, 1.807) is 11.3 Å². The van der Waals surface area contributed by atoms with Gasteiger partial charge in [-0.1, -0.05) is 0 Å². The van der Waals surface area contributed by atoms with Crippen LogP contribution in [-0.2, 0) is 6.54 Å². The van der Waals surface area contributed by atoms with Gasteiger partial charge in [-0.15, -0.1) is 5.10 Å². The third kappa shape index (κ3) is 2.34. The Kier molecular flexibility index (Phi) is 3.58. The molecule has 0 aliphatic carbocycles. The lowest BCUT2D eigenvalue weighted by molar-refractivity contribution is 0.940. The van der Waals surface area contributed by atoms with Gasteiger partial charge < -0.3 is 5.32 Å². The van der Waals surface area contributed by atoms with Gasteiger partial charge in [0.05, 0.1) is 5.69 Å². The number of anilines is 1. The van der Waals surface area contributed by atoms with Crippen LogP contribution in [0.3, 0.4) is 0 Å². The van der Waals surface area contributed by atoms with Crippen molar-refractivity contribution >= 4 is 17.2 Å². The molecule has 0 aliphatic heterocycles. The summed E-state index contributed by atoms with van der Waals surface area (Å²) in [5.41, 5.74) is 4.74. The van der Waals surface area contributed by atoms with Gasteiger partial charge >= 0.3 is 0 Å². The standard InChI is InChI=1S/C13H14N4S/c1-8-6-18-7-11(8)5-15-13-12(4-14)9(2)10(3)16-17-13/h6-7H,5H2,1-3H3,(H,15,17). The minimum atomic E-state index is 0.561. The summed E-state index contributed by atoms with van der Waals surface area (Å²) in [6, 6.07) is 2.19. The third-order valence-electron chi connectivity index (χ3n) is 2.97. The maximum Gasteiger partial charge on any atom is 0.167 e. The Labute approximate surface area is 110 Å². The molecule has 5 heteroatoms. The first-order chi connectivity index (χ1) is 8.63. The molecule has 0 spiro atoms. The molecule has 0 aliphatic rings. The predicted octanol–water partition coefficient (Wildman–Crippen LogP) is 2.95. The Bertz CT molecular complexity index is 610. The topological polar surface area (TPSA) is 61.6 Å². The van der Waals surface area contributed by atoms with Gasteiger partial charge in [0.1, 0.15) is 11.6 Å². The fourth-order valence-electron chi connectivity index (χ4n) is 1.62. The molecule has 0 bridgehead atoms. The summed E-state index contributed by atoms with van der Waals surface area (Å²) in [5, 5.41) is 24.7. The highest BCUT2D eigenvalue weighted by Crippen LogP contribution is 2.19. The fourth-order valence-corrected chi connectivity index (χ4v) is 2.47. The van der Waals surface area contributed by atoms with Crippen LogP contribution in [-0.4, -0.2) is 10.2 Å². The molecule has 2 aromatic heterocycles. The van der Waals surface area contributed by atoms with Gasteiger partial charge in [-0.05, 0) is 48.2 Å². The van der Waals surface area contributed by atoms with E-state index in [9.17, 15) is 5.26 Å². The van der Waals surface area contributed by atoms with Crippen molar-refractivity contribution in [2.24, 2.45) is 0 Å². The average molecular weight is 258 g/mol. The fraction of sp³-hybridized carbons (Fsp3) is 0.308. The van der Waals surface area contributed by atoms with Crippen LogP contribution in [0.1, 0.15) is 27.9 Å². The zero-order valence-corrected chi connectivity index (χ0v) is 11.4. The minimum Gasteiger partial charge on any atom is -0.363 e. The molecule has 1 N–H and O–H groups in total. The molecule has 0 saturated heterocycles. The second-order valence-electron chi connectivity index (χ2n) is 4.18. The normalized spacial score (nSPS) is 10.1. The molecule has 2 rings (SSSR count). The summed E-state index contributed by atoms with van der Waals surface area (Å²) in [5.74, 6) is 0.561. The molecular weight excluding hydrogens is 244 g/mol. The zero-order valence-electron chi connectivity index (χ0n) is 10.6. The molecule has 0 unspecified atom stereocenters. The number of nitrogens with zero attached hydrogens (tertiary/aromatic N) is 3. The molecule has 18 heavy (non-hydrogen) atoms. The second kappa shape index (κ2) is 5.15. The van der Waals surface area contributed by atoms with Gasteiger partial charge in [-0.2, -0.15) is 21.7 Å². The molecule has 0 fully saturated rings. The van der Waals surface area contributed by atoms with Gasteiger partial charge in [-0.3, -0.25) is 0 Å². The van der Waals surface area contributed by atoms with E-state index in [4.69, 9.17) is 0 Å². The Hall–Kier alpha value is -1.93. The van der Waals surface area contributed by atoms with Gasteiger partial charge in [0.25, 0.3) is 0 Å². The quantitative estimate of drug-likeness (QED) is 0.919. The van der Waals surface area contributed by atoms with E-state index in [0.717, 1.165) is 11.3 Å². The van der Waals surface area contributed by atoms with Gasteiger partial charge in [0, 0.05) is 6.54 Å². The highest BCUT2D eigenvalue weighted by molar-refractivity contribution is 7.08. The lowest BCUT2D eigenvalue weighted by Crippen LogP contribution is -2.07. The van der Waals surface area contributed by atoms with Crippen molar-refractivity contribution in [1.29, 1.82) is 5.26 Å². The number of aromatic nitrogens is 2. The first-order valence-corrected chi connectivity index (χ1v) is 6.57. The number of rotatable bonds is 3. The van der Waals surface area contributed by atoms with Crippen molar-refractivity contribution in [3.8, 4) is 6.07 Å². The zero-order chi connectivity index (χ0) is 13.1. The van der Waals surface area contributed by atoms with Gasteiger partial charge in [0.2, 0.25) is 0 Å². The molecule has 0 atom stereocenters. The van der Waals surface area contributed by atoms with E-state index in [1.165, 1.54) is 11.1 Å². The van der Waals surface area contributed by atoms with Crippen molar-refractivity contribution in [3.05, 3.63) is 38.7 Å². The maximum atomic E-state index is 9.18. The summed E-state index contributed by atoms with van der Waals surface area (Å²) in [6.07, 6.45) is 0. The van der Waals surface area contributed by atoms with Crippen LogP contribution in [0.25, 0.3) is 0 Å². The van der Waals surface area contributed by atoms with E-state index in [1.807, 2.05) is 13.8 Å². The molecule has 0 radical (unpaired) electrons. The molecule has 2 heterocycles. The maximum absolute atomic E-state index is 9.18. The van der Waals surface area contributed by atoms with E-state index >= 15 is 0 Å². The van der Waals surface area contributed by atoms with Gasteiger partial charge in [-0.25, -0.2) is 0 Å². The van der Waals surface area contributed by atoms with Crippen LogP contribution in [0.4, 0.5) is 5.82 Å². The Morgan fingerprint density at radius 1 is 1.28 bits per heavy atom. The molecule has 4 nitrogen and oxygen atoms in total. The largest absolute Gasteiger partial charge is 0.363 e. The second-order valence-corrected chi connectivity index (χ2v) is 4.92. The molecule has 2 aromatic rings. The first-order valence-electron chi connectivity index (χ1n) is 5.63. The Balaban J connectivity index is 2.23. The molecule has 0 aromatic carbocycles. The summed E-state index contributed by atoms with van der Waals surface area (Å²) in [7, 11) is 0. The van der Waals surface area contributed by atoms with Crippen LogP contribution in [0, 0.1) is 32.1 Å². The number of nitrogens with one attached hydrogen (secondary N) is 1. The van der Waals surface area contributed by atoms with Crippen molar-refractivity contribution in [1.82, 2.24) is 10.2 Å². The summed E-state index contributed by atoms with van der Waals surface area (Å²) < 4.78 is 0. The number of hydrogen-bond acceptors (Lipinski definition) is 5. The predicted molar refractivity (Wildman–Crippen MR) is 72.6 cm³/mol. The van der Waals surface area contributed by atoms with E-state index < -0.39 is 0 Å². The third-order valence-corrected chi connectivity index (χ3v) is 3.88. The summed E-state index contributed by atoms with van der Waals surface area (Å²) in [6.45, 7) is 6.49. The Morgan fingerprint density at radius 2 is 2.06 bits per heavy atom. The van der Waals surface area contributed by atoms with Crippen molar-refractivity contribution < 1.29 is 0 Å². The van der Waals surface area contributed by atoms with E-state index in [2.05, 4.69) is 39.3 Å². The van der Waals surface area contributed by atoms with Crippen LogP contribution >= 0.6 is 11.3 Å². The smallest absolute Gasteiger partial charge is 0.167 e. The molecular formula is C13H14N4S. The molecule has 92 valence electrons. The first kappa shape index (κ1) is 12.5. The van der Waals surface area contributed by atoms with Crippen LogP contribution in [0.5, 0.6) is 0 Å². The number of aryl methyl sites for hydroxylation is 2. The van der Waals surface area contributed by atoms with E-state index in [-0.39, 0.29) is 0 Å². The van der Waals surface area contributed by atoms with Gasteiger partial charge in [0.15, 0.2) is 5.82 Å². The molecule has 0 saturated carbocycles. The lowest BCUT2D eigenvalue weighted by Gasteiger charge is -2.09. The van der Waals surface area contributed by atoms with E-state index in [0.29, 0.717) is 17.9 Å². The van der Waals surface area contributed by atoms with Crippen LogP contribution in [0.15, 0.2) is 10.8 Å². The van der Waals surface area contributed by atoms with Crippen molar-refractivity contribution in [2.45, 2.75) is 27.3 Å². The highest BCUT2D eigenvalue weighted by Gasteiger charge is 2.10. The molecule has 0 amide bonds. The SMILES string of the molecule is Cc1cscc1CNc1nnc(C)c(C)c1C#N. The Morgan fingerprint density at radius 3 is 2.67 bits per heavy atom.